The Hall–Kier alpha value is -0.770. The standard InChI is InChI=1S/C15H17Cl2NO2/c16-10-3-4-13(17)11(6-10)15(20)18-14-9-2-1-8(5-9)12(14)7-19/h3-4,6,8-9,12,14,19H,1-2,5,7H2,(H,18,20). The summed E-state index contributed by atoms with van der Waals surface area (Å²) in [5, 5.41) is 13.5. The molecule has 2 N–H and O–H groups in total. The SMILES string of the molecule is O=C(NC1C2CCC(C2)C1CO)c1cc(Cl)ccc1Cl. The molecule has 0 saturated heterocycles. The molecule has 0 radical (unpaired) electrons. The maximum Gasteiger partial charge on any atom is 0.253 e. The van der Waals surface area contributed by atoms with Crippen molar-refractivity contribution in [2.75, 3.05) is 6.61 Å². The molecule has 2 fully saturated rings. The predicted octanol–water partition coefficient (Wildman–Crippen LogP) is 3.13. The molecule has 0 heterocycles. The second kappa shape index (κ2) is 5.55. The minimum atomic E-state index is -0.200. The number of amides is 1. The van der Waals surface area contributed by atoms with Crippen LogP contribution < -0.4 is 5.32 Å². The molecule has 1 amide bonds. The van der Waals surface area contributed by atoms with Gasteiger partial charge in [-0.1, -0.05) is 23.2 Å². The van der Waals surface area contributed by atoms with E-state index in [2.05, 4.69) is 5.32 Å². The minimum Gasteiger partial charge on any atom is -0.396 e. The Morgan fingerprint density at radius 2 is 2.05 bits per heavy atom. The molecule has 3 nitrogen and oxygen atoms in total. The number of halogens is 2. The molecule has 0 spiro atoms. The van der Waals surface area contributed by atoms with E-state index in [1.807, 2.05) is 0 Å². The molecule has 2 bridgehead atoms. The molecule has 2 aliphatic rings. The van der Waals surface area contributed by atoms with Gasteiger partial charge in [0, 0.05) is 23.6 Å². The zero-order valence-corrected chi connectivity index (χ0v) is 12.5. The van der Waals surface area contributed by atoms with Crippen molar-refractivity contribution in [1.29, 1.82) is 0 Å². The fraction of sp³-hybridized carbons (Fsp3) is 0.533. The van der Waals surface area contributed by atoms with Gasteiger partial charge < -0.3 is 10.4 Å². The van der Waals surface area contributed by atoms with Gasteiger partial charge in [-0.15, -0.1) is 0 Å². The molecule has 0 aromatic heterocycles. The van der Waals surface area contributed by atoms with Gasteiger partial charge in [-0.05, 0) is 49.3 Å². The normalized spacial score (nSPS) is 31.6. The van der Waals surface area contributed by atoms with Crippen molar-refractivity contribution in [2.45, 2.75) is 25.3 Å². The third-order valence-corrected chi connectivity index (χ3v) is 5.33. The zero-order chi connectivity index (χ0) is 14.3. The third kappa shape index (κ3) is 2.43. The van der Waals surface area contributed by atoms with Crippen molar-refractivity contribution in [2.24, 2.45) is 17.8 Å². The van der Waals surface area contributed by atoms with Crippen molar-refractivity contribution in [3.63, 3.8) is 0 Å². The lowest BCUT2D eigenvalue weighted by Gasteiger charge is -2.30. The van der Waals surface area contributed by atoms with Crippen LogP contribution in [0.3, 0.4) is 0 Å². The van der Waals surface area contributed by atoms with Crippen molar-refractivity contribution >= 4 is 29.1 Å². The number of carbonyl (C=O) groups is 1. The second-order valence-electron chi connectivity index (χ2n) is 5.80. The summed E-state index contributed by atoms with van der Waals surface area (Å²) >= 11 is 12.0. The van der Waals surface area contributed by atoms with Gasteiger partial charge in [-0.25, -0.2) is 0 Å². The van der Waals surface area contributed by atoms with Gasteiger partial charge in [-0.2, -0.15) is 0 Å². The number of hydrogen-bond donors (Lipinski definition) is 2. The summed E-state index contributed by atoms with van der Waals surface area (Å²) in [6, 6.07) is 4.93. The smallest absolute Gasteiger partial charge is 0.253 e. The van der Waals surface area contributed by atoms with Gasteiger partial charge in [-0.3, -0.25) is 4.79 Å². The number of aliphatic hydroxyl groups excluding tert-OH is 1. The average Bonchev–Trinajstić information content (AvgIpc) is 3.02. The lowest BCUT2D eigenvalue weighted by Crippen LogP contribution is -2.45. The molecule has 4 unspecified atom stereocenters. The van der Waals surface area contributed by atoms with E-state index in [1.54, 1.807) is 18.2 Å². The van der Waals surface area contributed by atoms with Crippen LogP contribution in [0.5, 0.6) is 0 Å². The number of benzene rings is 1. The summed E-state index contributed by atoms with van der Waals surface area (Å²) in [5.74, 6) is 1.01. The molecule has 2 saturated carbocycles. The van der Waals surface area contributed by atoms with Gasteiger partial charge in [0.2, 0.25) is 0 Å². The van der Waals surface area contributed by atoms with Gasteiger partial charge in [0.1, 0.15) is 0 Å². The lowest BCUT2D eigenvalue weighted by atomic mass is 9.85. The van der Waals surface area contributed by atoms with Gasteiger partial charge >= 0.3 is 0 Å². The van der Waals surface area contributed by atoms with Crippen molar-refractivity contribution in [3.05, 3.63) is 33.8 Å². The molecule has 1 aromatic rings. The van der Waals surface area contributed by atoms with Crippen LogP contribution in [0.15, 0.2) is 18.2 Å². The van der Waals surface area contributed by atoms with Crippen LogP contribution in [0.25, 0.3) is 0 Å². The third-order valence-electron chi connectivity index (χ3n) is 4.77. The van der Waals surface area contributed by atoms with E-state index in [-0.39, 0.29) is 24.5 Å². The van der Waals surface area contributed by atoms with E-state index >= 15 is 0 Å². The van der Waals surface area contributed by atoms with Crippen LogP contribution >= 0.6 is 23.2 Å². The fourth-order valence-electron chi connectivity index (χ4n) is 3.80. The van der Waals surface area contributed by atoms with Gasteiger partial charge in [0.25, 0.3) is 5.91 Å². The topological polar surface area (TPSA) is 49.3 Å². The first-order valence-corrected chi connectivity index (χ1v) is 7.72. The molecule has 20 heavy (non-hydrogen) atoms. The summed E-state index contributed by atoms with van der Waals surface area (Å²) < 4.78 is 0. The van der Waals surface area contributed by atoms with Gasteiger partial charge in [0.05, 0.1) is 10.6 Å². The average molecular weight is 314 g/mol. The van der Waals surface area contributed by atoms with E-state index < -0.39 is 0 Å². The highest BCUT2D eigenvalue weighted by Crippen LogP contribution is 2.48. The molecular weight excluding hydrogens is 297 g/mol. The first-order valence-electron chi connectivity index (χ1n) is 6.97. The fourth-order valence-corrected chi connectivity index (χ4v) is 4.17. The molecule has 108 valence electrons. The number of aliphatic hydroxyl groups is 1. The quantitative estimate of drug-likeness (QED) is 0.900. The Kier molecular flexibility index (Phi) is 3.93. The number of carbonyl (C=O) groups excluding carboxylic acids is 1. The van der Waals surface area contributed by atoms with Gasteiger partial charge in [0.15, 0.2) is 0 Å². The Labute approximate surface area is 128 Å². The van der Waals surface area contributed by atoms with Crippen LogP contribution in [0.4, 0.5) is 0 Å². The molecule has 4 atom stereocenters. The molecular formula is C15H17Cl2NO2. The van der Waals surface area contributed by atoms with Crippen molar-refractivity contribution in [1.82, 2.24) is 5.32 Å². The van der Waals surface area contributed by atoms with Crippen molar-refractivity contribution < 1.29 is 9.90 Å². The van der Waals surface area contributed by atoms with Crippen LogP contribution in [-0.2, 0) is 0 Å². The van der Waals surface area contributed by atoms with Crippen LogP contribution in [0.1, 0.15) is 29.6 Å². The van der Waals surface area contributed by atoms with E-state index in [0.717, 1.165) is 12.8 Å². The Balaban J connectivity index is 1.77. The summed E-state index contributed by atoms with van der Waals surface area (Å²) in [4.78, 5) is 12.4. The summed E-state index contributed by atoms with van der Waals surface area (Å²) in [5.41, 5.74) is 0.402. The highest BCUT2D eigenvalue weighted by molar-refractivity contribution is 6.35. The zero-order valence-electron chi connectivity index (χ0n) is 11.0. The van der Waals surface area contributed by atoms with E-state index in [9.17, 15) is 9.90 Å². The number of hydrogen-bond acceptors (Lipinski definition) is 2. The Morgan fingerprint density at radius 3 is 2.80 bits per heavy atom. The second-order valence-corrected chi connectivity index (χ2v) is 6.65. The van der Waals surface area contributed by atoms with E-state index in [4.69, 9.17) is 23.2 Å². The number of nitrogens with one attached hydrogen (secondary N) is 1. The summed E-state index contributed by atoms with van der Waals surface area (Å²) in [7, 11) is 0. The number of rotatable bonds is 3. The molecule has 2 aliphatic carbocycles. The summed E-state index contributed by atoms with van der Waals surface area (Å²) in [6.45, 7) is 0.134. The summed E-state index contributed by atoms with van der Waals surface area (Å²) in [6.07, 6.45) is 3.41. The minimum absolute atomic E-state index is 0.0568. The van der Waals surface area contributed by atoms with E-state index in [0.29, 0.717) is 27.4 Å². The maximum atomic E-state index is 12.4. The first kappa shape index (κ1) is 14.2. The highest BCUT2D eigenvalue weighted by atomic mass is 35.5. The monoisotopic (exact) mass is 313 g/mol. The maximum absolute atomic E-state index is 12.4. The lowest BCUT2D eigenvalue weighted by molar-refractivity contribution is 0.0861. The van der Waals surface area contributed by atoms with Crippen LogP contribution in [-0.4, -0.2) is 23.7 Å². The molecule has 5 heteroatoms. The molecule has 1 aromatic carbocycles. The van der Waals surface area contributed by atoms with Crippen LogP contribution in [0, 0.1) is 17.8 Å². The van der Waals surface area contributed by atoms with E-state index in [1.165, 1.54) is 6.42 Å². The number of fused-ring (bicyclic) bond motifs is 2. The van der Waals surface area contributed by atoms with Crippen molar-refractivity contribution in [3.8, 4) is 0 Å². The first-order chi connectivity index (χ1) is 9.60. The van der Waals surface area contributed by atoms with Crippen LogP contribution in [0.2, 0.25) is 10.0 Å². The highest BCUT2D eigenvalue weighted by Gasteiger charge is 2.47. The largest absolute Gasteiger partial charge is 0.396 e. The molecule has 3 rings (SSSR count). The Bertz CT molecular complexity index is 535. The Morgan fingerprint density at radius 1 is 1.30 bits per heavy atom. The molecule has 0 aliphatic heterocycles. The predicted molar refractivity (Wildman–Crippen MR) is 79.1 cm³/mol.